The van der Waals surface area contributed by atoms with Crippen molar-refractivity contribution in [3.8, 4) is 0 Å². The summed E-state index contributed by atoms with van der Waals surface area (Å²) in [6.07, 6.45) is 17.7. The van der Waals surface area contributed by atoms with Crippen LogP contribution in [-0.2, 0) is 0 Å². The second-order valence-electron chi connectivity index (χ2n) is 8.12. The van der Waals surface area contributed by atoms with E-state index in [2.05, 4.69) is 41.5 Å². The van der Waals surface area contributed by atoms with Crippen molar-refractivity contribution in [2.45, 2.75) is 145 Å². The fourth-order valence-corrected chi connectivity index (χ4v) is 22.2. The van der Waals surface area contributed by atoms with Gasteiger partial charge in [0.15, 0.2) is 0 Å². The molecule has 0 aromatic carbocycles. The van der Waals surface area contributed by atoms with E-state index in [0.717, 1.165) is 0 Å². The Morgan fingerprint density at radius 3 is 0.593 bits per heavy atom. The minimum Gasteiger partial charge on any atom is -0.412 e. The maximum atomic E-state index is 2.33. The molecular formula is C24H56OSn2+2. The van der Waals surface area contributed by atoms with Gasteiger partial charge in [-0.25, -0.2) is 0 Å². The summed E-state index contributed by atoms with van der Waals surface area (Å²) in [5.74, 6) is 0. The molecular weight excluding hydrogens is 542 g/mol. The Kier molecular flexibility index (Phi) is 36.6. The maximum Gasteiger partial charge on any atom is -0.412 e. The molecule has 27 heavy (non-hydrogen) atoms. The topological polar surface area (TPSA) is 31.5 Å². The van der Waals surface area contributed by atoms with Gasteiger partial charge in [-0.3, -0.25) is 0 Å². The van der Waals surface area contributed by atoms with Gasteiger partial charge < -0.3 is 5.48 Å². The maximum absolute atomic E-state index is 2.33. The van der Waals surface area contributed by atoms with Crippen LogP contribution in [0.1, 0.15) is 119 Å². The van der Waals surface area contributed by atoms with Gasteiger partial charge in [-0.1, -0.05) is 0 Å². The first-order valence-corrected chi connectivity index (χ1v) is 24.5. The van der Waals surface area contributed by atoms with Crippen LogP contribution in [0.5, 0.6) is 0 Å². The van der Waals surface area contributed by atoms with Gasteiger partial charge in [0.25, 0.3) is 0 Å². The van der Waals surface area contributed by atoms with E-state index in [4.69, 9.17) is 0 Å². The second-order valence-corrected chi connectivity index (χ2v) is 25.2. The zero-order chi connectivity index (χ0) is 19.9. The van der Waals surface area contributed by atoms with Crippen molar-refractivity contribution < 1.29 is 5.48 Å². The van der Waals surface area contributed by atoms with Crippen LogP contribution in [0.4, 0.5) is 0 Å². The van der Waals surface area contributed by atoms with Gasteiger partial charge in [-0.15, -0.1) is 0 Å². The zero-order valence-electron chi connectivity index (χ0n) is 20.2. The molecule has 0 aliphatic heterocycles. The monoisotopic (exact) mass is 600 g/mol. The summed E-state index contributed by atoms with van der Waals surface area (Å²) in [5.41, 5.74) is 0. The Bertz CT molecular complexity index is 174. The quantitative estimate of drug-likeness (QED) is 0.141. The van der Waals surface area contributed by atoms with Crippen molar-refractivity contribution >= 4 is 39.5 Å². The summed E-state index contributed by atoms with van der Waals surface area (Å²) in [6, 6.07) is 0. The van der Waals surface area contributed by atoms with Gasteiger partial charge in [0.2, 0.25) is 0 Å². The van der Waals surface area contributed by atoms with E-state index < -0.39 is 39.5 Å². The molecule has 164 valence electrons. The van der Waals surface area contributed by atoms with Gasteiger partial charge in [0, 0.05) is 0 Å². The first kappa shape index (κ1) is 33.2. The number of rotatable bonds is 18. The Morgan fingerprint density at radius 2 is 0.481 bits per heavy atom. The molecule has 0 bridgehead atoms. The van der Waals surface area contributed by atoms with Gasteiger partial charge in [0.05, 0.1) is 0 Å². The van der Waals surface area contributed by atoms with E-state index in [9.17, 15) is 0 Å². The molecule has 0 amide bonds. The average molecular weight is 598 g/mol. The molecule has 0 aliphatic carbocycles. The number of hydrogen-bond donors (Lipinski definition) is 0. The molecule has 0 aromatic rings. The molecule has 0 aliphatic rings. The van der Waals surface area contributed by atoms with Crippen molar-refractivity contribution in [1.29, 1.82) is 0 Å². The summed E-state index contributed by atoms with van der Waals surface area (Å²) < 4.78 is 10.1. The Balaban J connectivity index is -0.000000411. The van der Waals surface area contributed by atoms with Crippen LogP contribution in [0.25, 0.3) is 0 Å². The van der Waals surface area contributed by atoms with Gasteiger partial charge >= 0.3 is 185 Å². The Hall–Kier alpha value is 1.56. The molecule has 0 unspecified atom stereocenters. The normalized spacial score (nSPS) is 10.0. The smallest absolute Gasteiger partial charge is 0.412 e. The molecule has 0 spiro atoms. The Labute approximate surface area is 189 Å². The number of unbranched alkanes of at least 4 members (excludes halogenated alkanes) is 6. The molecule has 0 saturated carbocycles. The van der Waals surface area contributed by atoms with Crippen LogP contribution < -0.4 is 0 Å². The summed E-state index contributed by atoms with van der Waals surface area (Å²) in [5, 5.41) is 0. The predicted octanol–water partition coefficient (Wildman–Crippen LogP) is 8.94. The summed E-state index contributed by atoms with van der Waals surface area (Å²) >= 11 is -1.68. The fraction of sp³-hybridized carbons (Fsp3) is 1.00. The van der Waals surface area contributed by atoms with Crippen LogP contribution in [0, 0.1) is 0 Å². The van der Waals surface area contributed by atoms with Gasteiger partial charge in [-0.2, -0.15) is 0 Å². The molecule has 0 aromatic heterocycles. The molecule has 2 N–H and O–H groups in total. The van der Waals surface area contributed by atoms with Crippen molar-refractivity contribution in [1.82, 2.24) is 0 Å². The van der Waals surface area contributed by atoms with Crippen molar-refractivity contribution in [2.24, 2.45) is 0 Å². The van der Waals surface area contributed by atoms with Crippen molar-refractivity contribution in [3.05, 3.63) is 0 Å². The van der Waals surface area contributed by atoms with Crippen LogP contribution >= 0.6 is 0 Å². The molecule has 0 fully saturated rings. The van der Waals surface area contributed by atoms with E-state index in [1.54, 1.807) is 26.6 Å². The summed E-state index contributed by atoms with van der Waals surface area (Å²) in [7, 11) is 0. The van der Waals surface area contributed by atoms with E-state index in [1.165, 1.54) is 77.0 Å². The first-order valence-electron chi connectivity index (χ1n) is 12.4. The third-order valence-electron chi connectivity index (χ3n) is 5.30. The molecule has 0 rings (SSSR count). The van der Waals surface area contributed by atoms with Gasteiger partial charge in [-0.05, 0) is 0 Å². The van der Waals surface area contributed by atoms with Crippen LogP contribution in [-0.4, -0.2) is 45.0 Å². The van der Waals surface area contributed by atoms with Crippen molar-refractivity contribution in [2.75, 3.05) is 0 Å². The van der Waals surface area contributed by atoms with E-state index in [1.807, 2.05) is 0 Å². The molecule has 0 atom stereocenters. The third-order valence-corrected chi connectivity index (χ3v) is 23.5. The van der Waals surface area contributed by atoms with Crippen LogP contribution in [0.2, 0.25) is 26.6 Å². The molecule has 3 heteroatoms. The number of hydrogen-bond acceptors (Lipinski definition) is 0. The molecule has 1 nitrogen and oxygen atoms in total. The standard InChI is InChI=1S/6C4H9.H2O.2Sn/c6*1-3-4-2;;;/h6*1,3-4H2,2H3;1H2;;/q;;;;;;;2*+1. The molecule has 0 saturated heterocycles. The SMILES string of the molecule is CCC[CH2][Sn+]([CH2]CCC)[CH2]CCC.CCC[CH2][Sn+]([CH2]CCC)[CH2]CCC.O. The van der Waals surface area contributed by atoms with E-state index >= 15 is 0 Å². The first-order chi connectivity index (χ1) is 12.7. The van der Waals surface area contributed by atoms with Gasteiger partial charge in [0.1, 0.15) is 0 Å². The van der Waals surface area contributed by atoms with E-state index in [0.29, 0.717) is 0 Å². The Morgan fingerprint density at radius 1 is 0.333 bits per heavy atom. The zero-order valence-corrected chi connectivity index (χ0v) is 25.9. The molecule has 0 radical (unpaired) electrons. The van der Waals surface area contributed by atoms with Crippen molar-refractivity contribution in [3.63, 3.8) is 0 Å². The molecule has 0 heterocycles. The van der Waals surface area contributed by atoms with Crippen LogP contribution in [0.15, 0.2) is 0 Å². The van der Waals surface area contributed by atoms with E-state index in [-0.39, 0.29) is 5.48 Å². The third kappa shape index (κ3) is 27.6. The predicted molar refractivity (Wildman–Crippen MR) is 133 cm³/mol. The summed E-state index contributed by atoms with van der Waals surface area (Å²) in [4.78, 5) is 0. The second kappa shape index (κ2) is 29.8. The minimum absolute atomic E-state index is 0. The minimum atomic E-state index is -0.839. The average Bonchev–Trinajstić information content (AvgIpc) is 2.67. The fourth-order valence-electron chi connectivity index (χ4n) is 3.31. The van der Waals surface area contributed by atoms with Crippen LogP contribution in [0.3, 0.4) is 0 Å². The summed E-state index contributed by atoms with van der Waals surface area (Å²) in [6.45, 7) is 14.0. The largest absolute Gasteiger partial charge is 0.412 e.